The number of aryl methyl sites for hydroxylation is 1. The number of phenols is 1. The summed E-state index contributed by atoms with van der Waals surface area (Å²) >= 11 is 1.38. The summed E-state index contributed by atoms with van der Waals surface area (Å²) in [6.07, 6.45) is 0. The number of aromatic nitrogens is 3. The highest BCUT2D eigenvalue weighted by atomic mass is 32.2. The topological polar surface area (TPSA) is 81.2 Å². The second-order valence-electron chi connectivity index (χ2n) is 6.31. The predicted octanol–water partition coefficient (Wildman–Crippen LogP) is 4.03. The number of hydrogen-bond acceptors (Lipinski definition) is 6. The van der Waals surface area contributed by atoms with Gasteiger partial charge in [0.05, 0.1) is 5.56 Å². The molecule has 0 aliphatic heterocycles. The van der Waals surface area contributed by atoms with Crippen LogP contribution in [0.3, 0.4) is 0 Å². The van der Waals surface area contributed by atoms with Crippen LogP contribution < -0.4 is 5.63 Å². The zero-order chi connectivity index (χ0) is 19.8. The Morgan fingerprint density at radius 1 is 1.21 bits per heavy atom. The normalized spacial score (nSPS) is 11.2. The second-order valence-corrected chi connectivity index (χ2v) is 7.25. The van der Waals surface area contributed by atoms with Crippen LogP contribution in [0.4, 0.5) is 4.39 Å². The van der Waals surface area contributed by atoms with Crippen LogP contribution in [0.2, 0.25) is 0 Å². The van der Waals surface area contributed by atoms with Crippen molar-refractivity contribution in [1.82, 2.24) is 14.8 Å². The summed E-state index contributed by atoms with van der Waals surface area (Å²) in [5.74, 6) is 0.578. The second kappa shape index (κ2) is 7.12. The lowest BCUT2D eigenvalue weighted by atomic mass is 10.1. The fourth-order valence-corrected chi connectivity index (χ4v) is 3.90. The molecule has 6 nitrogen and oxygen atoms in total. The minimum absolute atomic E-state index is 0.0725. The largest absolute Gasteiger partial charge is 0.508 e. The molecule has 2 aromatic heterocycles. The van der Waals surface area contributed by atoms with Gasteiger partial charge in [0, 0.05) is 29.8 Å². The molecule has 4 rings (SSSR count). The van der Waals surface area contributed by atoms with E-state index in [2.05, 4.69) is 10.2 Å². The average molecular weight is 397 g/mol. The fourth-order valence-electron chi connectivity index (χ4n) is 3.00. The highest BCUT2D eigenvalue weighted by molar-refractivity contribution is 7.98. The summed E-state index contributed by atoms with van der Waals surface area (Å²) in [5, 5.41) is 19.5. The third-order valence-electron chi connectivity index (χ3n) is 4.52. The molecule has 0 unspecified atom stereocenters. The Kier molecular flexibility index (Phi) is 4.64. The molecule has 0 bridgehead atoms. The van der Waals surface area contributed by atoms with E-state index in [4.69, 9.17) is 4.42 Å². The maximum Gasteiger partial charge on any atom is 0.336 e. The molecule has 8 heteroatoms. The van der Waals surface area contributed by atoms with E-state index >= 15 is 0 Å². The van der Waals surface area contributed by atoms with Gasteiger partial charge in [0.15, 0.2) is 11.0 Å². The predicted molar refractivity (Wildman–Crippen MR) is 105 cm³/mol. The number of benzene rings is 2. The number of phenolic OH excluding ortho intramolecular Hbond substituents is 1. The molecule has 2 aromatic carbocycles. The lowest BCUT2D eigenvalue weighted by molar-refractivity contribution is 0.468. The van der Waals surface area contributed by atoms with Crippen LogP contribution in [0.1, 0.15) is 11.1 Å². The van der Waals surface area contributed by atoms with Crippen LogP contribution in [0.15, 0.2) is 56.8 Å². The summed E-state index contributed by atoms with van der Waals surface area (Å²) in [4.78, 5) is 11.9. The lowest BCUT2D eigenvalue weighted by Gasteiger charge is -2.08. The lowest BCUT2D eigenvalue weighted by Crippen LogP contribution is -2.01. The van der Waals surface area contributed by atoms with Gasteiger partial charge in [-0.15, -0.1) is 10.2 Å². The van der Waals surface area contributed by atoms with Gasteiger partial charge >= 0.3 is 5.63 Å². The maximum absolute atomic E-state index is 14.1. The van der Waals surface area contributed by atoms with Gasteiger partial charge < -0.3 is 14.1 Å². The molecule has 4 aromatic rings. The molecule has 0 radical (unpaired) electrons. The number of halogens is 1. The van der Waals surface area contributed by atoms with Crippen molar-refractivity contribution in [3.63, 3.8) is 0 Å². The van der Waals surface area contributed by atoms with E-state index in [1.54, 1.807) is 48.9 Å². The van der Waals surface area contributed by atoms with Crippen LogP contribution in [-0.2, 0) is 12.8 Å². The average Bonchev–Trinajstić information content (AvgIpc) is 3.04. The summed E-state index contributed by atoms with van der Waals surface area (Å²) in [5.41, 5.74) is 1.54. The molecule has 2 heterocycles. The van der Waals surface area contributed by atoms with E-state index in [9.17, 15) is 14.3 Å². The van der Waals surface area contributed by atoms with Crippen molar-refractivity contribution in [2.45, 2.75) is 17.8 Å². The van der Waals surface area contributed by atoms with Gasteiger partial charge in [0.2, 0.25) is 0 Å². The third kappa shape index (κ3) is 3.16. The Bertz CT molecular complexity index is 1250. The fraction of sp³-hybridized carbons (Fsp3) is 0.150. The van der Waals surface area contributed by atoms with E-state index in [-0.39, 0.29) is 11.6 Å². The number of fused-ring (bicyclic) bond motifs is 1. The molecular weight excluding hydrogens is 381 g/mol. The summed E-state index contributed by atoms with van der Waals surface area (Å²) < 4.78 is 21.0. The van der Waals surface area contributed by atoms with Gasteiger partial charge in [0.25, 0.3) is 0 Å². The molecule has 0 fully saturated rings. The molecular formula is C20H16FN3O3S. The smallest absolute Gasteiger partial charge is 0.336 e. The highest BCUT2D eigenvalue weighted by Gasteiger charge is 2.16. The Morgan fingerprint density at radius 2 is 2.00 bits per heavy atom. The van der Waals surface area contributed by atoms with Gasteiger partial charge in [-0.1, -0.05) is 23.9 Å². The first-order chi connectivity index (χ1) is 13.5. The van der Waals surface area contributed by atoms with Crippen LogP contribution in [0.25, 0.3) is 22.4 Å². The number of thioether (sulfide) groups is 1. The summed E-state index contributed by atoms with van der Waals surface area (Å²) in [6.45, 7) is 1.70. The zero-order valence-corrected chi connectivity index (χ0v) is 16.0. The van der Waals surface area contributed by atoms with Crippen LogP contribution in [0, 0.1) is 12.7 Å². The van der Waals surface area contributed by atoms with Crippen molar-refractivity contribution >= 4 is 22.7 Å². The summed E-state index contributed by atoms with van der Waals surface area (Å²) in [6, 6.07) is 11.1. The van der Waals surface area contributed by atoms with E-state index < -0.39 is 5.63 Å². The van der Waals surface area contributed by atoms with E-state index in [0.717, 1.165) is 10.9 Å². The third-order valence-corrected chi connectivity index (χ3v) is 5.59. The van der Waals surface area contributed by atoms with Crippen molar-refractivity contribution in [2.24, 2.45) is 7.05 Å². The number of rotatable bonds is 4. The minimum Gasteiger partial charge on any atom is -0.508 e. The van der Waals surface area contributed by atoms with Crippen molar-refractivity contribution in [3.05, 3.63) is 69.8 Å². The molecule has 28 heavy (non-hydrogen) atoms. The Labute approximate surface area is 163 Å². The van der Waals surface area contributed by atoms with Gasteiger partial charge in [-0.05, 0) is 36.8 Å². The quantitative estimate of drug-likeness (QED) is 0.414. The van der Waals surface area contributed by atoms with Gasteiger partial charge in [-0.2, -0.15) is 0 Å². The Morgan fingerprint density at radius 3 is 2.79 bits per heavy atom. The Balaban J connectivity index is 1.67. The highest BCUT2D eigenvalue weighted by Crippen LogP contribution is 2.31. The molecule has 0 atom stereocenters. The molecule has 142 valence electrons. The van der Waals surface area contributed by atoms with Crippen LogP contribution >= 0.6 is 11.8 Å². The number of hydrogen-bond donors (Lipinski definition) is 1. The van der Waals surface area contributed by atoms with Crippen molar-refractivity contribution in [1.29, 1.82) is 0 Å². The first-order valence-corrected chi connectivity index (χ1v) is 9.46. The molecule has 0 aliphatic carbocycles. The molecule has 0 saturated carbocycles. The summed E-state index contributed by atoms with van der Waals surface area (Å²) in [7, 11) is 1.77. The molecule has 0 amide bonds. The van der Waals surface area contributed by atoms with E-state index in [1.807, 2.05) is 0 Å². The van der Waals surface area contributed by atoms with Crippen molar-refractivity contribution in [2.75, 3.05) is 0 Å². The molecule has 0 saturated heterocycles. The van der Waals surface area contributed by atoms with E-state index in [0.29, 0.717) is 33.4 Å². The SMILES string of the molecule is Cc1c(O)ccc2c(CSc3nnc(-c4ccccc4F)n3C)cc(=O)oc12. The zero-order valence-electron chi connectivity index (χ0n) is 15.1. The van der Waals surface area contributed by atoms with Crippen LogP contribution in [-0.4, -0.2) is 19.9 Å². The van der Waals surface area contributed by atoms with Gasteiger partial charge in [-0.3, -0.25) is 0 Å². The number of nitrogens with zero attached hydrogens (tertiary/aromatic N) is 3. The standard InChI is InChI=1S/C20H16FN3O3S/c1-11-16(25)8-7-13-12(9-17(26)27-18(11)13)10-28-20-23-22-19(24(20)2)14-5-3-4-6-15(14)21/h3-9,25H,10H2,1-2H3. The van der Waals surface area contributed by atoms with Crippen molar-refractivity contribution < 1.29 is 13.9 Å². The monoisotopic (exact) mass is 397 g/mol. The van der Waals surface area contributed by atoms with Crippen molar-refractivity contribution in [3.8, 4) is 17.1 Å². The van der Waals surface area contributed by atoms with Crippen LogP contribution in [0.5, 0.6) is 5.75 Å². The van der Waals surface area contributed by atoms with E-state index in [1.165, 1.54) is 23.9 Å². The van der Waals surface area contributed by atoms with Gasteiger partial charge in [0.1, 0.15) is 17.1 Å². The Hall–Kier alpha value is -3.13. The number of aromatic hydroxyl groups is 1. The molecule has 1 N–H and O–H groups in total. The molecule has 0 spiro atoms. The minimum atomic E-state index is -0.484. The molecule has 0 aliphatic rings. The first kappa shape index (κ1) is 18.2. The first-order valence-electron chi connectivity index (χ1n) is 8.48. The maximum atomic E-state index is 14.1. The van der Waals surface area contributed by atoms with Gasteiger partial charge in [-0.25, -0.2) is 9.18 Å².